The number of nitrogens with one attached hydrogen (secondary N) is 1. The predicted molar refractivity (Wildman–Crippen MR) is 82.3 cm³/mol. The van der Waals surface area contributed by atoms with Gasteiger partial charge in [-0.25, -0.2) is 10.4 Å². The van der Waals surface area contributed by atoms with Gasteiger partial charge in [-0.1, -0.05) is 6.92 Å². The van der Waals surface area contributed by atoms with Crippen molar-refractivity contribution in [3.8, 4) is 0 Å². The average molecular weight is 341 g/mol. The van der Waals surface area contributed by atoms with E-state index in [1.54, 1.807) is 5.16 Å². The highest BCUT2D eigenvalue weighted by molar-refractivity contribution is 9.10. The van der Waals surface area contributed by atoms with Gasteiger partial charge in [-0.05, 0) is 58.9 Å². The second-order valence-electron chi connectivity index (χ2n) is 3.12. The quantitative estimate of drug-likeness (QED) is 0.662. The Kier molecular flexibility index (Phi) is 5.98. The van der Waals surface area contributed by atoms with Crippen LogP contribution in [-0.2, 0) is 6.42 Å². The van der Waals surface area contributed by atoms with Crippen LogP contribution in [0.3, 0.4) is 0 Å². The fourth-order valence-corrected chi connectivity index (χ4v) is 1.88. The molecule has 4 nitrogen and oxygen atoms in total. The maximum atomic E-state index is 5.77. The van der Waals surface area contributed by atoms with Gasteiger partial charge in [0.1, 0.15) is 5.65 Å². The third-order valence-electron chi connectivity index (χ3n) is 2.11. The van der Waals surface area contributed by atoms with Crippen molar-refractivity contribution in [1.82, 2.24) is 9.38 Å². The number of aryl methyl sites for hydroxylation is 1. The van der Waals surface area contributed by atoms with Crippen LogP contribution in [0.25, 0.3) is 5.65 Å². The number of pyridine rings is 1. The van der Waals surface area contributed by atoms with Gasteiger partial charge in [0.15, 0.2) is 5.82 Å². The largest absolute Gasteiger partial charge is 0.283 e. The topological polar surface area (TPSA) is 53.5 Å². The van der Waals surface area contributed by atoms with Gasteiger partial charge in [0.25, 0.3) is 0 Å². The highest BCUT2D eigenvalue weighted by Gasteiger charge is 2.09. The molecule has 2 aromatic heterocycles. The van der Waals surface area contributed by atoms with Crippen LogP contribution in [0.5, 0.6) is 0 Å². The zero-order valence-corrected chi connectivity index (χ0v) is 12.7. The van der Waals surface area contributed by atoms with Gasteiger partial charge in [0.05, 0.1) is 16.0 Å². The van der Waals surface area contributed by atoms with E-state index in [0.717, 1.165) is 28.1 Å². The van der Waals surface area contributed by atoms with E-state index in [-0.39, 0.29) is 0 Å². The van der Waals surface area contributed by atoms with E-state index in [9.17, 15) is 0 Å². The minimum atomic E-state index is 0.767. The average Bonchev–Trinajstić information content (AvgIpc) is 2.69. The van der Waals surface area contributed by atoms with Gasteiger partial charge >= 0.3 is 0 Å². The number of nitrogens with zero attached hydrogens (tertiary/aromatic N) is 3. The first-order valence-electron chi connectivity index (χ1n) is 4.96. The maximum Gasteiger partial charge on any atom is 0.170 e. The molecule has 92 valence electrons. The van der Waals surface area contributed by atoms with Crippen molar-refractivity contribution in [2.45, 2.75) is 13.3 Å². The van der Waals surface area contributed by atoms with Gasteiger partial charge in [0.2, 0.25) is 0 Å². The maximum absolute atomic E-state index is 5.77. The molecular weight excluding hydrogens is 332 g/mol. The zero-order chi connectivity index (χ0) is 13.5. The number of isothiocyanates is 2. The number of rotatable bonds is 2. The number of hydrogen-bond donors (Lipinski definition) is 1. The van der Waals surface area contributed by atoms with E-state index >= 15 is 0 Å². The monoisotopic (exact) mass is 340 g/mol. The van der Waals surface area contributed by atoms with Crippen molar-refractivity contribution in [2.24, 2.45) is 4.99 Å². The molecule has 0 saturated heterocycles. The number of aliphatic imine (C=N–C) groups is 1. The number of imidazole rings is 1. The SMILES string of the molecule is CCc1nc2ccc(Br)cn2c1N=C=S.N=C=S. The Hall–Kier alpha value is -1.23. The molecule has 0 aliphatic rings. The van der Waals surface area contributed by atoms with Crippen molar-refractivity contribution in [3.05, 3.63) is 28.5 Å². The molecule has 2 aromatic rings. The van der Waals surface area contributed by atoms with E-state index in [1.165, 1.54) is 0 Å². The molecule has 0 aromatic carbocycles. The third kappa shape index (κ3) is 3.38. The molecule has 2 rings (SSSR count). The fraction of sp³-hybridized carbons (Fsp3) is 0.182. The minimum Gasteiger partial charge on any atom is -0.283 e. The molecule has 0 atom stereocenters. The van der Waals surface area contributed by atoms with Crippen LogP contribution in [0.2, 0.25) is 0 Å². The van der Waals surface area contributed by atoms with E-state index < -0.39 is 0 Å². The Morgan fingerprint density at radius 3 is 2.72 bits per heavy atom. The number of thiocarbonyl (C=S) groups is 2. The van der Waals surface area contributed by atoms with Crippen LogP contribution >= 0.6 is 40.4 Å². The standard InChI is InChI=1S/C10H8BrN3S.CHNS/c1-2-8-10(12-6-15)14-5-7(11)3-4-9(14)13-8;2-1-3/h3-5H,2H2,1H3;2H. The minimum absolute atomic E-state index is 0.767. The second kappa shape index (κ2) is 7.26. The lowest BCUT2D eigenvalue weighted by molar-refractivity contribution is 1.06. The number of aromatic nitrogens is 2. The third-order valence-corrected chi connectivity index (χ3v) is 2.67. The second-order valence-corrected chi connectivity index (χ2v) is 4.42. The first kappa shape index (κ1) is 14.8. The predicted octanol–water partition coefficient (Wildman–Crippen LogP) is 4.06. The summed E-state index contributed by atoms with van der Waals surface area (Å²) in [6, 6.07) is 3.89. The molecule has 7 heteroatoms. The summed E-state index contributed by atoms with van der Waals surface area (Å²) in [5.41, 5.74) is 1.81. The van der Waals surface area contributed by atoms with Gasteiger partial charge in [-0.15, -0.1) is 0 Å². The van der Waals surface area contributed by atoms with E-state index in [0.29, 0.717) is 0 Å². The molecule has 0 aliphatic carbocycles. The highest BCUT2D eigenvalue weighted by atomic mass is 79.9. The Balaban J connectivity index is 0.000000492. The molecule has 0 radical (unpaired) electrons. The lowest BCUT2D eigenvalue weighted by Crippen LogP contribution is -1.83. The van der Waals surface area contributed by atoms with Gasteiger partial charge in [0, 0.05) is 10.7 Å². The molecule has 0 aliphatic heterocycles. The van der Waals surface area contributed by atoms with Crippen LogP contribution in [-0.4, -0.2) is 19.7 Å². The molecule has 0 saturated carbocycles. The molecular formula is C11H9BrN4S2. The van der Waals surface area contributed by atoms with E-state index in [4.69, 9.17) is 5.41 Å². The Morgan fingerprint density at radius 1 is 1.50 bits per heavy atom. The van der Waals surface area contributed by atoms with Crippen LogP contribution in [0.4, 0.5) is 5.82 Å². The van der Waals surface area contributed by atoms with Crippen molar-refractivity contribution >= 4 is 62.2 Å². The van der Waals surface area contributed by atoms with Crippen molar-refractivity contribution in [3.63, 3.8) is 0 Å². The Bertz CT molecular complexity index is 638. The van der Waals surface area contributed by atoms with Crippen molar-refractivity contribution in [1.29, 1.82) is 5.41 Å². The van der Waals surface area contributed by atoms with Gasteiger partial charge in [-0.2, -0.15) is 4.99 Å². The molecule has 2 heterocycles. The van der Waals surface area contributed by atoms with E-state index in [1.807, 2.05) is 29.7 Å². The van der Waals surface area contributed by atoms with Gasteiger partial charge in [-0.3, -0.25) is 4.40 Å². The van der Waals surface area contributed by atoms with Crippen molar-refractivity contribution in [2.75, 3.05) is 0 Å². The molecule has 0 unspecified atom stereocenters. The van der Waals surface area contributed by atoms with Crippen LogP contribution in [0, 0.1) is 5.41 Å². The molecule has 0 fully saturated rings. The number of hydrogen-bond acceptors (Lipinski definition) is 5. The first-order valence-corrected chi connectivity index (χ1v) is 6.57. The normalized spacial score (nSPS) is 9.00. The van der Waals surface area contributed by atoms with Crippen LogP contribution < -0.4 is 0 Å². The Morgan fingerprint density at radius 2 is 2.17 bits per heavy atom. The number of fused-ring (bicyclic) bond motifs is 1. The van der Waals surface area contributed by atoms with Crippen molar-refractivity contribution < 1.29 is 0 Å². The highest BCUT2D eigenvalue weighted by Crippen LogP contribution is 2.23. The summed E-state index contributed by atoms with van der Waals surface area (Å²) in [4.78, 5) is 8.50. The summed E-state index contributed by atoms with van der Waals surface area (Å²) in [6.45, 7) is 2.04. The van der Waals surface area contributed by atoms with Crippen LogP contribution in [0.15, 0.2) is 27.8 Å². The first-order chi connectivity index (χ1) is 8.67. The summed E-state index contributed by atoms with van der Waals surface area (Å²) in [5.74, 6) is 0.767. The molecule has 0 amide bonds. The van der Waals surface area contributed by atoms with Gasteiger partial charge < -0.3 is 0 Å². The Labute approximate surface area is 123 Å². The van der Waals surface area contributed by atoms with E-state index in [2.05, 4.69) is 55.5 Å². The summed E-state index contributed by atoms with van der Waals surface area (Å²) >= 11 is 11.9. The lowest BCUT2D eigenvalue weighted by atomic mass is 10.3. The van der Waals surface area contributed by atoms with Crippen LogP contribution in [0.1, 0.15) is 12.6 Å². The molecule has 0 bridgehead atoms. The smallest absolute Gasteiger partial charge is 0.170 e. The summed E-state index contributed by atoms with van der Waals surface area (Å²) in [7, 11) is 0. The summed E-state index contributed by atoms with van der Waals surface area (Å²) in [5, 5.41) is 9.75. The molecule has 1 N–H and O–H groups in total. The molecule has 18 heavy (non-hydrogen) atoms. The summed E-state index contributed by atoms with van der Waals surface area (Å²) in [6.07, 6.45) is 2.75. The molecule has 0 spiro atoms. The zero-order valence-electron chi connectivity index (χ0n) is 9.48. The fourth-order valence-electron chi connectivity index (χ4n) is 1.45. The number of halogens is 1. The lowest BCUT2D eigenvalue weighted by Gasteiger charge is -1.96. The summed E-state index contributed by atoms with van der Waals surface area (Å²) < 4.78 is 2.89.